The van der Waals surface area contributed by atoms with Gasteiger partial charge in [0.25, 0.3) is 0 Å². The van der Waals surface area contributed by atoms with Crippen LogP contribution >= 0.6 is 0 Å². The highest BCUT2D eigenvalue weighted by Gasteiger charge is 2.29. The molecule has 5 nitrogen and oxygen atoms in total. The fourth-order valence-corrected chi connectivity index (χ4v) is 3.06. The Labute approximate surface area is 124 Å². The number of rotatable bonds is 0. The van der Waals surface area contributed by atoms with E-state index in [-0.39, 0.29) is 5.78 Å². The molecule has 0 radical (unpaired) electrons. The summed E-state index contributed by atoms with van der Waals surface area (Å²) < 4.78 is 0. The molecule has 0 N–H and O–H groups in total. The van der Waals surface area contributed by atoms with Crippen LogP contribution in [0.15, 0.2) is 49.1 Å². The normalized spacial score (nSPS) is 12.6. The second-order valence-corrected chi connectivity index (χ2v) is 5.17. The molecule has 0 amide bonds. The zero-order valence-corrected chi connectivity index (χ0v) is 11.3. The molecule has 0 unspecified atom stereocenters. The van der Waals surface area contributed by atoms with Crippen molar-refractivity contribution in [2.24, 2.45) is 0 Å². The largest absolute Gasteiger partial charge is 0.287 e. The molecule has 4 aromatic rings. The minimum Gasteiger partial charge on any atom is -0.287 e. The molecule has 0 aliphatic heterocycles. The van der Waals surface area contributed by atoms with Crippen LogP contribution in [-0.2, 0) is 0 Å². The summed E-state index contributed by atoms with van der Waals surface area (Å²) >= 11 is 0. The lowest BCUT2D eigenvalue weighted by Crippen LogP contribution is -2.14. The lowest BCUT2D eigenvalue weighted by molar-refractivity contribution is 0.103. The molecule has 3 heterocycles. The predicted molar refractivity (Wildman–Crippen MR) is 81.5 cm³/mol. The Balaban J connectivity index is 2.09. The van der Waals surface area contributed by atoms with Crippen molar-refractivity contribution in [3.63, 3.8) is 0 Å². The molecule has 0 saturated carbocycles. The van der Waals surface area contributed by atoms with Crippen LogP contribution in [0, 0.1) is 0 Å². The molecular formula is C17H8N4O. The average molecular weight is 284 g/mol. The first-order valence-electron chi connectivity index (χ1n) is 6.87. The molecule has 1 aliphatic rings. The third-order valence-electron chi connectivity index (χ3n) is 4.01. The monoisotopic (exact) mass is 284 g/mol. The molecule has 5 rings (SSSR count). The second-order valence-electron chi connectivity index (χ2n) is 5.17. The van der Waals surface area contributed by atoms with E-state index in [4.69, 9.17) is 0 Å². The minimum absolute atomic E-state index is 0.146. The van der Waals surface area contributed by atoms with E-state index < -0.39 is 0 Å². The van der Waals surface area contributed by atoms with Gasteiger partial charge >= 0.3 is 0 Å². The number of benzene rings is 1. The van der Waals surface area contributed by atoms with Crippen LogP contribution in [0.5, 0.6) is 0 Å². The van der Waals surface area contributed by atoms with Crippen molar-refractivity contribution in [3.05, 3.63) is 60.3 Å². The van der Waals surface area contributed by atoms with Crippen LogP contribution in [0.4, 0.5) is 0 Å². The van der Waals surface area contributed by atoms with Crippen LogP contribution in [0.25, 0.3) is 33.1 Å². The van der Waals surface area contributed by atoms with Gasteiger partial charge in [-0.25, -0.2) is 15.0 Å². The van der Waals surface area contributed by atoms with E-state index in [1.807, 2.05) is 30.3 Å². The number of hydrogen-bond donors (Lipinski definition) is 0. The van der Waals surface area contributed by atoms with E-state index in [1.54, 1.807) is 6.20 Å². The van der Waals surface area contributed by atoms with Crippen LogP contribution < -0.4 is 0 Å². The van der Waals surface area contributed by atoms with Gasteiger partial charge in [0, 0.05) is 23.2 Å². The van der Waals surface area contributed by atoms with Crippen LogP contribution in [0.1, 0.15) is 16.1 Å². The number of nitrogens with zero attached hydrogens (tertiary/aromatic N) is 4. The number of fused-ring (bicyclic) bond motifs is 4. The molecule has 22 heavy (non-hydrogen) atoms. The standard InChI is InChI=1S/C17H8N4O/c22-17-11-7-18-8-20-14(11)15-13-10(5-6-19-15)9-3-1-2-4-12(9)21-16(13)17/h1-8H. The van der Waals surface area contributed by atoms with E-state index in [0.717, 1.165) is 21.7 Å². The summed E-state index contributed by atoms with van der Waals surface area (Å²) in [5.41, 5.74) is 2.96. The summed E-state index contributed by atoms with van der Waals surface area (Å²) in [5, 5.41) is 2.76. The van der Waals surface area contributed by atoms with Crippen molar-refractivity contribution in [3.8, 4) is 11.4 Å². The zero-order chi connectivity index (χ0) is 14.7. The molecule has 0 bridgehead atoms. The maximum Gasteiger partial charge on any atom is 0.215 e. The predicted octanol–water partition coefficient (Wildman–Crippen LogP) is 2.78. The molecule has 0 saturated heterocycles. The average Bonchev–Trinajstić information content (AvgIpc) is 2.59. The Bertz CT molecular complexity index is 1100. The number of aromatic nitrogens is 4. The second kappa shape index (κ2) is 3.92. The Kier molecular flexibility index (Phi) is 2.04. The zero-order valence-electron chi connectivity index (χ0n) is 11.3. The summed E-state index contributed by atoms with van der Waals surface area (Å²) in [6.07, 6.45) is 4.71. The van der Waals surface area contributed by atoms with Gasteiger partial charge in [-0.05, 0) is 17.5 Å². The molecule has 0 fully saturated rings. The topological polar surface area (TPSA) is 68.6 Å². The Morgan fingerprint density at radius 1 is 0.864 bits per heavy atom. The molecule has 0 spiro atoms. The van der Waals surface area contributed by atoms with E-state index in [2.05, 4.69) is 19.9 Å². The molecule has 102 valence electrons. The molecular weight excluding hydrogens is 276 g/mol. The van der Waals surface area contributed by atoms with Crippen molar-refractivity contribution in [2.75, 3.05) is 0 Å². The van der Waals surface area contributed by atoms with Crippen LogP contribution in [-0.4, -0.2) is 25.7 Å². The maximum absolute atomic E-state index is 12.8. The number of ketones is 1. The lowest BCUT2D eigenvalue weighted by Gasteiger charge is -2.17. The summed E-state index contributed by atoms with van der Waals surface area (Å²) in [7, 11) is 0. The third-order valence-corrected chi connectivity index (χ3v) is 4.01. The van der Waals surface area contributed by atoms with Gasteiger partial charge in [-0.2, -0.15) is 0 Å². The lowest BCUT2D eigenvalue weighted by atomic mass is 9.91. The molecule has 1 aliphatic carbocycles. The first kappa shape index (κ1) is 11.4. The highest BCUT2D eigenvalue weighted by molar-refractivity contribution is 6.26. The smallest absolute Gasteiger partial charge is 0.215 e. The number of carbonyl (C=O) groups is 1. The fraction of sp³-hybridized carbons (Fsp3) is 0. The van der Waals surface area contributed by atoms with Crippen molar-refractivity contribution in [1.29, 1.82) is 0 Å². The first-order valence-corrected chi connectivity index (χ1v) is 6.87. The Hall–Kier alpha value is -3.21. The van der Waals surface area contributed by atoms with Crippen LogP contribution in [0.2, 0.25) is 0 Å². The molecule has 5 heteroatoms. The van der Waals surface area contributed by atoms with Crippen molar-refractivity contribution >= 4 is 27.5 Å². The highest BCUT2D eigenvalue weighted by Crippen LogP contribution is 2.37. The van der Waals surface area contributed by atoms with Gasteiger partial charge < -0.3 is 0 Å². The summed E-state index contributed by atoms with van der Waals surface area (Å²) in [4.78, 5) is 30.0. The summed E-state index contributed by atoms with van der Waals surface area (Å²) in [6, 6.07) is 9.72. The van der Waals surface area contributed by atoms with Gasteiger partial charge in [0.1, 0.15) is 17.7 Å². The highest BCUT2D eigenvalue weighted by atomic mass is 16.1. The van der Waals surface area contributed by atoms with Gasteiger partial charge in [0.05, 0.1) is 16.8 Å². The van der Waals surface area contributed by atoms with Gasteiger partial charge in [-0.1, -0.05) is 18.2 Å². The van der Waals surface area contributed by atoms with E-state index >= 15 is 0 Å². The maximum atomic E-state index is 12.8. The number of carbonyl (C=O) groups excluding carboxylic acids is 1. The van der Waals surface area contributed by atoms with Crippen molar-refractivity contribution in [1.82, 2.24) is 19.9 Å². The van der Waals surface area contributed by atoms with Gasteiger partial charge in [0.15, 0.2) is 0 Å². The van der Waals surface area contributed by atoms with Crippen molar-refractivity contribution in [2.45, 2.75) is 0 Å². The SMILES string of the molecule is O=C1c2cncnc2-c2nccc3c2c1nc1ccccc13. The van der Waals surface area contributed by atoms with E-state index in [9.17, 15) is 4.79 Å². The quantitative estimate of drug-likeness (QED) is 0.409. The number of pyridine rings is 2. The molecule has 3 aromatic heterocycles. The molecule has 0 atom stereocenters. The van der Waals surface area contributed by atoms with Crippen molar-refractivity contribution < 1.29 is 4.79 Å². The minimum atomic E-state index is -0.146. The number of hydrogen-bond acceptors (Lipinski definition) is 5. The van der Waals surface area contributed by atoms with Gasteiger partial charge in [-0.3, -0.25) is 9.78 Å². The molecule has 1 aromatic carbocycles. The van der Waals surface area contributed by atoms with Gasteiger partial charge in [-0.15, -0.1) is 0 Å². The summed E-state index contributed by atoms with van der Waals surface area (Å²) in [6.45, 7) is 0. The van der Waals surface area contributed by atoms with E-state index in [0.29, 0.717) is 22.6 Å². The van der Waals surface area contributed by atoms with Crippen LogP contribution in [0.3, 0.4) is 0 Å². The fourth-order valence-electron chi connectivity index (χ4n) is 3.06. The first-order chi connectivity index (χ1) is 10.8. The Morgan fingerprint density at radius 3 is 2.73 bits per heavy atom. The summed E-state index contributed by atoms with van der Waals surface area (Å²) in [5.74, 6) is -0.146. The van der Waals surface area contributed by atoms with E-state index in [1.165, 1.54) is 12.5 Å². The third kappa shape index (κ3) is 1.30. The van der Waals surface area contributed by atoms with Gasteiger partial charge in [0.2, 0.25) is 5.78 Å². The number of para-hydroxylation sites is 1. The Morgan fingerprint density at radius 2 is 1.77 bits per heavy atom.